The van der Waals surface area contributed by atoms with Crippen LogP contribution in [0, 0.1) is 33.8 Å². The fourth-order valence-electron chi connectivity index (χ4n) is 2.98. The van der Waals surface area contributed by atoms with Crippen LogP contribution in [0.15, 0.2) is 48.4 Å². The van der Waals surface area contributed by atoms with E-state index in [1.165, 1.54) is 52.9 Å². The summed E-state index contributed by atoms with van der Waals surface area (Å²) in [5.74, 6) is -0.0625. The standard InChI is InChI=1S/C19H18N.C5H8O2.Ir/c1-12-9-10-18(14(3)13(12)2)19-15(4)17-8-6-5-7-16(17)11-20-19;1-4(6)3-5(2)7;/h5-9,11H,1-4H3;3,6H,1-2H3;/q-1;;/b;4-3-;. The molecule has 0 atom stereocenters. The van der Waals surface area contributed by atoms with Crippen molar-refractivity contribution in [1.29, 1.82) is 0 Å². The van der Waals surface area contributed by atoms with Gasteiger partial charge in [0.1, 0.15) is 0 Å². The first-order valence-corrected chi connectivity index (χ1v) is 8.93. The number of fused-ring (bicyclic) bond motifs is 1. The number of hydrogen-bond donors (Lipinski definition) is 1. The van der Waals surface area contributed by atoms with Gasteiger partial charge in [-0.15, -0.1) is 34.4 Å². The number of rotatable bonds is 2. The van der Waals surface area contributed by atoms with Crippen LogP contribution in [0.5, 0.6) is 0 Å². The Balaban J connectivity index is 0.000000425. The zero-order valence-corrected chi connectivity index (χ0v) is 19.6. The quantitative estimate of drug-likeness (QED) is 0.242. The predicted molar refractivity (Wildman–Crippen MR) is 112 cm³/mol. The van der Waals surface area contributed by atoms with Crippen molar-refractivity contribution in [2.45, 2.75) is 41.5 Å². The molecule has 3 rings (SSSR count). The summed E-state index contributed by atoms with van der Waals surface area (Å²) in [4.78, 5) is 14.7. The molecular weight excluding hydrogens is 526 g/mol. The van der Waals surface area contributed by atoms with Crippen LogP contribution in [0.3, 0.4) is 0 Å². The molecule has 1 heterocycles. The summed E-state index contributed by atoms with van der Waals surface area (Å²) >= 11 is 0. The van der Waals surface area contributed by atoms with Crippen LogP contribution in [-0.4, -0.2) is 15.9 Å². The molecule has 3 nitrogen and oxygen atoms in total. The number of allylic oxidation sites excluding steroid dienone is 2. The van der Waals surface area contributed by atoms with Crippen molar-refractivity contribution < 1.29 is 30.0 Å². The van der Waals surface area contributed by atoms with Gasteiger partial charge in [-0.3, -0.25) is 4.79 Å². The number of nitrogens with zero attached hydrogens (tertiary/aromatic N) is 1. The molecule has 0 aliphatic rings. The molecule has 0 fully saturated rings. The molecular formula is C24H26IrNO2-. The minimum absolute atomic E-state index is 0. The second-order valence-electron chi connectivity index (χ2n) is 6.81. The van der Waals surface area contributed by atoms with Crippen molar-refractivity contribution in [2.75, 3.05) is 0 Å². The molecule has 0 saturated heterocycles. The van der Waals surface area contributed by atoms with Crippen molar-refractivity contribution in [1.82, 2.24) is 4.98 Å². The molecule has 149 valence electrons. The summed E-state index contributed by atoms with van der Waals surface area (Å²) in [6.45, 7) is 11.4. The smallest absolute Gasteiger partial charge is 0.155 e. The van der Waals surface area contributed by atoms with Gasteiger partial charge in [-0.05, 0) is 37.2 Å². The van der Waals surface area contributed by atoms with E-state index in [1.54, 1.807) is 0 Å². The van der Waals surface area contributed by atoms with Crippen LogP contribution in [0.25, 0.3) is 22.0 Å². The Bertz CT molecular complexity index is 1020. The molecule has 3 aromatic rings. The van der Waals surface area contributed by atoms with Gasteiger partial charge in [0.15, 0.2) is 5.78 Å². The van der Waals surface area contributed by atoms with Crippen LogP contribution in [0.4, 0.5) is 0 Å². The number of aryl methyl sites for hydroxylation is 2. The second-order valence-corrected chi connectivity index (χ2v) is 6.81. The van der Waals surface area contributed by atoms with Gasteiger partial charge in [-0.25, -0.2) is 0 Å². The van der Waals surface area contributed by atoms with Gasteiger partial charge in [0, 0.05) is 32.4 Å². The van der Waals surface area contributed by atoms with Gasteiger partial charge in [0.25, 0.3) is 0 Å². The number of benzene rings is 2. The summed E-state index contributed by atoms with van der Waals surface area (Å²) in [6, 6.07) is 13.9. The van der Waals surface area contributed by atoms with Crippen molar-refractivity contribution >= 4 is 16.6 Å². The van der Waals surface area contributed by atoms with Crippen LogP contribution < -0.4 is 0 Å². The second kappa shape index (κ2) is 10.3. The Labute approximate surface area is 180 Å². The van der Waals surface area contributed by atoms with Crippen LogP contribution in [-0.2, 0) is 24.9 Å². The average Bonchev–Trinajstić information content (AvgIpc) is 2.61. The molecule has 28 heavy (non-hydrogen) atoms. The maximum atomic E-state index is 10.0. The first-order valence-electron chi connectivity index (χ1n) is 8.93. The molecule has 1 aromatic heterocycles. The maximum absolute atomic E-state index is 10.0. The Morgan fingerprint density at radius 3 is 2.25 bits per heavy atom. The van der Waals surface area contributed by atoms with Gasteiger partial charge in [-0.2, -0.15) is 0 Å². The zero-order chi connectivity index (χ0) is 20.1. The number of carbonyl (C=O) groups is 1. The van der Waals surface area contributed by atoms with E-state index in [-0.39, 0.29) is 31.6 Å². The first-order chi connectivity index (χ1) is 12.7. The number of pyridine rings is 1. The molecule has 2 aromatic carbocycles. The average molecular weight is 553 g/mol. The van der Waals surface area contributed by atoms with E-state index in [1.807, 2.05) is 6.20 Å². The number of carbonyl (C=O) groups excluding carboxylic acids is 1. The molecule has 0 spiro atoms. The fraction of sp³-hybridized carbons (Fsp3) is 0.250. The van der Waals surface area contributed by atoms with Crippen LogP contribution in [0.1, 0.15) is 36.1 Å². The minimum atomic E-state index is -0.125. The Hall–Kier alpha value is -2.29. The monoisotopic (exact) mass is 553 g/mol. The number of aliphatic hydroxyl groups excluding tert-OH is 1. The van der Waals surface area contributed by atoms with Crippen LogP contribution >= 0.6 is 0 Å². The molecule has 0 aliphatic carbocycles. The van der Waals surface area contributed by atoms with E-state index in [2.05, 4.69) is 69.1 Å². The number of hydrogen-bond acceptors (Lipinski definition) is 3. The minimum Gasteiger partial charge on any atom is -0.512 e. The third kappa shape index (κ3) is 5.60. The van der Waals surface area contributed by atoms with E-state index >= 15 is 0 Å². The van der Waals surface area contributed by atoms with Gasteiger partial charge in [-0.1, -0.05) is 50.6 Å². The number of aromatic nitrogens is 1. The number of aliphatic hydroxyl groups is 1. The SMILES string of the molecule is CC(=O)/C=C(/C)O.Cc1c[c-]c(-c2ncc3ccccc3c2C)c(C)c1C.[Ir]. The van der Waals surface area contributed by atoms with E-state index in [0.29, 0.717) is 0 Å². The van der Waals surface area contributed by atoms with Crippen molar-refractivity contribution in [3.05, 3.63) is 76.7 Å². The number of ketones is 1. The third-order valence-corrected chi connectivity index (χ3v) is 4.66. The van der Waals surface area contributed by atoms with Crippen LogP contribution in [0.2, 0.25) is 0 Å². The third-order valence-electron chi connectivity index (χ3n) is 4.66. The summed E-state index contributed by atoms with van der Waals surface area (Å²) in [5, 5.41) is 10.8. The van der Waals surface area contributed by atoms with Crippen molar-refractivity contribution in [3.63, 3.8) is 0 Å². The van der Waals surface area contributed by atoms with Gasteiger partial charge in [0.05, 0.1) is 5.76 Å². The summed E-state index contributed by atoms with van der Waals surface area (Å²) in [5.41, 5.74) is 7.28. The Kier molecular flexibility index (Phi) is 8.74. The molecule has 1 radical (unpaired) electrons. The molecule has 4 heteroatoms. The van der Waals surface area contributed by atoms with Crippen molar-refractivity contribution in [3.8, 4) is 11.3 Å². The largest absolute Gasteiger partial charge is 0.512 e. The van der Waals surface area contributed by atoms with E-state index in [9.17, 15) is 4.79 Å². The van der Waals surface area contributed by atoms with Crippen molar-refractivity contribution in [2.24, 2.45) is 0 Å². The molecule has 0 unspecified atom stereocenters. The van der Waals surface area contributed by atoms with Gasteiger partial charge in [0.2, 0.25) is 0 Å². The maximum Gasteiger partial charge on any atom is 0.155 e. The zero-order valence-electron chi connectivity index (χ0n) is 17.2. The molecule has 0 saturated carbocycles. The van der Waals surface area contributed by atoms with E-state index in [0.717, 1.165) is 11.3 Å². The summed E-state index contributed by atoms with van der Waals surface area (Å²) in [7, 11) is 0. The van der Waals surface area contributed by atoms with Gasteiger partial charge < -0.3 is 10.1 Å². The molecule has 1 N–H and O–H groups in total. The summed E-state index contributed by atoms with van der Waals surface area (Å²) < 4.78 is 0. The summed E-state index contributed by atoms with van der Waals surface area (Å²) in [6.07, 6.45) is 3.13. The van der Waals surface area contributed by atoms with E-state index in [4.69, 9.17) is 5.11 Å². The first kappa shape index (κ1) is 23.7. The fourth-order valence-corrected chi connectivity index (χ4v) is 2.98. The molecule has 0 aliphatic heterocycles. The van der Waals surface area contributed by atoms with E-state index < -0.39 is 0 Å². The molecule has 0 amide bonds. The normalized spacial score (nSPS) is 10.7. The Morgan fingerprint density at radius 2 is 1.68 bits per heavy atom. The predicted octanol–water partition coefficient (Wildman–Crippen LogP) is 5.97. The Morgan fingerprint density at radius 1 is 1.04 bits per heavy atom. The van der Waals surface area contributed by atoms with Gasteiger partial charge >= 0.3 is 0 Å². The topological polar surface area (TPSA) is 50.2 Å². The molecule has 0 bridgehead atoms.